The van der Waals surface area contributed by atoms with Crippen LogP contribution in [-0.4, -0.2) is 11.2 Å². The van der Waals surface area contributed by atoms with E-state index in [9.17, 15) is 4.79 Å². The molecule has 1 aliphatic rings. The molecule has 0 saturated heterocycles. The van der Waals surface area contributed by atoms with Gasteiger partial charge in [0.2, 0.25) is 0 Å². The van der Waals surface area contributed by atoms with Gasteiger partial charge in [-0.25, -0.2) is 0 Å². The number of benzene rings is 2. The Bertz CT molecular complexity index is 650. The molecule has 1 amide bonds. The van der Waals surface area contributed by atoms with Crippen LogP contribution in [0.25, 0.3) is 0 Å². The topological polar surface area (TPSA) is 29.1 Å². The van der Waals surface area contributed by atoms with Crippen LogP contribution in [0.5, 0.6) is 0 Å². The first kappa shape index (κ1) is 15.9. The molecule has 0 unspecified atom stereocenters. The van der Waals surface area contributed by atoms with E-state index in [0.717, 1.165) is 14.5 Å². The zero-order valence-electron chi connectivity index (χ0n) is 12.2. The van der Waals surface area contributed by atoms with Crippen LogP contribution < -0.4 is 5.32 Å². The molecule has 1 saturated carbocycles. The van der Waals surface area contributed by atoms with Gasteiger partial charge in [0.15, 0.2) is 0 Å². The van der Waals surface area contributed by atoms with Gasteiger partial charge in [0.05, 0.1) is 5.56 Å². The number of nitrogens with one attached hydrogen (secondary N) is 1. The molecule has 4 heteroatoms. The van der Waals surface area contributed by atoms with Crippen molar-refractivity contribution in [3.63, 3.8) is 0 Å². The van der Waals surface area contributed by atoms with Gasteiger partial charge in [-0.1, -0.05) is 25.0 Å². The second-order valence-electron chi connectivity index (χ2n) is 5.48. The molecule has 2 aromatic carbocycles. The average molecular weight is 423 g/mol. The van der Waals surface area contributed by atoms with Gasteiger partial charge in [-0.2, -0.15) is 0 Å². The van der Waals surface area contributed by atoms with Gasteiger partial charge in [0, 0.05) is 19.4 Å². The van der Waals surface area contributed by atoms with Gasteiger partial charge in [0.25, 0.3) is 5.91 Å². The van der Waals surface area contributed by atoms with Gasteiger partial charge in [0.1, 0.15) is 0 Å². The maximum atomic E-state index is 12.3. The summed E-state index contributed by atoms with van der Waals surface area (Å²) in [6.07, 6.45) is 5.38. The third-order valence-electron chi connectivity index (χ3n) is 3.84. The van der Waals surface area contributed by atoms with Crippen molar-refractivity contribution >= 4 is 45.9 Å². The van der Waals surface area contributed by atoms with Crippen LogP contribution in [-0.2, 0) is 0 Å². The maximum Gasteiger partial charge on any atom is 0.256 e. The highest BCUT2D eigenvalue weighted by Crippen LogP contribution is 2.35. The smallest absolute Gasteiger partial charge is 0.256 e. The summed E-state index contributed by atoms with van der Waals surface area (Å²) in [6.45, 7) is 0. The SMILES string of the molecule is O=C(Nc1ccc(SC2CCCC2)cc1)c1ccccc1I. The van der Waals surface area contributed by atoms with Gasteiger partial charge in [-0.3, -0.25) is 4.79 Å². The lowest BCUT2D eigenvalue weighted by molar-refractivity contribution is 0.102. The molecule has 0 spiro atoms. The first-order valence-electron chi connectivity index (χ1n) is 7.55. The predicted octanol–water partition coefficient (Wildman–Crippen LogP) is 5.58. The summed E-state index contributed by atoms with van der Waals surface area (Å²) in [7, 11) is 0. The number of hydrogen-bond acceptors (Lipinski definition) is 2. The van der Waals surface area contributed by atoms with Gasteiger partial charge >= 0.3 is 0 Å². The Morgan fingerprint density at radius 3 is 2.41 bits per heavy atom. The lowest BCUT2D eigenvalue weighted by Crippen LogP contribution is -2.13. The van der Waals surface area contributed by atoms with Crippen LogP contribution in [0, 0.1) is 3.57 Å². The van der Waals surface area contributed by atoms with E-state index in [1.807, 2.05) is 48.2 Å². The summed E-state index contributed by atoms with van der Waals surface area (Å²) >= 11 is 4.15. The lowest BCUT2D eigenvalue weighted by Gasteiger charge is -2.10. The molecule has 2 aromatic rings. The Balaban J connectivity index is 1.63. The van der Waals surface area contributed by atoms with Gasteiger partial charge < -0.3 is 5.32 Å². The molecule has 22 heavy (non-hydrogen) atoms. The minimum Gasteiger partial charge on any atom is -0.322 e. The summed E-state index contributed by atoms with van der Waals surface area (Å²) in [5.41, 5.74) is 1.56. The first-order valence-corrected chi connectivity index (χ1v) is 9.51. The molecular formula is C18H18INOS. The number of anilines is 1. The van der Waals surface area contributed by atoms with Crippen molar-refractivity contribution in [3.05, 3.63) is 57.7 Å². The molecule has 0 aliphatic heterocycles. The van der Waals surface area contributed by atoms with Gasteiger partial charge in [-0.15, -0.1) is 11.8 Å². The third kappa shape index (κ3) is 4.04. The van der Waals surface area contributed by atoms with Gasteiger partial charge in [-0.05, 0) is 71.8 Å². The predicted molar refractivity (Wildman–Crippen MR) is 102 cm³/mol. The van der Waals surface area contributed by atoms with Crippen LogP contribution in [0.3, 0.4) is 0 Å². The van der Waals surface area contributed by atoms with E-state index in [0.29, 0.717) is 5.56 Å². The molecule has 2 nitrogen and oxygen atoms in total. The minimum atomic E-state index is -0.0544. The molecule has 1 fully saturated rings. The zero-order chi connectivity index (χ0) is 15.4. The highest BCUT2D eigenvalue weighted by atomic mass is 127. The summed E-state index contributed by atoms with van der Waals surface area (Å²) in [5.74, 6) is -0.0544. The molecule has 0 aromatic heterocycles. The Labute approximate surface area is 149 Å². The van der Waals surface area contributed by atoms with Crippen molar-refractivity contribution in [2.24, 2.45) is 0 Å². The van der Waals surface area contributed by atoms with E-state index >= 15 is 0 Å². The highest BCUT2D eigenvalue weighted by Gasteiger charge is 2.16. The monoisotopic (exact) mass is 423 g/mol. The minimum absolute atomic E-state index is 0.0544. The van der Waals surface area contributed by atoms with Crippen LogP contribution in [0.15, 0.2) is 53.4 Å². The van der Waals surface area contributed by atoms with E-state index in [1.165, 1.54) is 30.6 Å². The Morgan fingerprint density at radius 2 is 1.73 bits per heavy atom. The van der Waals surface area contributed by atoms with Crippen LogP contribution in [0.4, 0.5) is 5.69 Å². The largest absolute Gasteiger partial charge is 0.322 e. The zero-order valence-corrected chi connectivity index (χ0v) is 15.2. The molecule has 3 rings (SSSR count). The number of rotatable bonds is 4. The molecule has 0 bridgehead atoms. The molecule has 0 radical (unpaired) electrons. The van der Waals surface area contributed by atoms with E-state index in [2.05, 4.69) is 40.0 Å². The molecule has 114 valence electrons. The van der Waals surface area contributed by atoms with E-state index in [-0.39, 0.29) is 5.91 Å². The average Bonchev–Trinajstić information content (AvgIpc) is 3.02. The highest BCUT2D eigenvalue weighted by molar-refractivity contribution is 14.1. The molecule has 1 N–H and O–H groups in total. The Hall–Kier alpha value is -1.01. The van der Waals surface area contributed by atoms with Crippen molar-refractivity contribution in [2.75, 3.05) is 5.32 Å². The lowest BCUT2D eigenvalue weighted by atomic mass is 10.2. The van der Waals surface area contributed by atoms with Crippen molar-refractivity contribution < 1.29 is 4.79 Å². The number of carbonyl (C=O) groups is 1. The second kappa shape index (κ2) is 7.51. The normalized spacial score (nSPS) is 15.0. The number of amides is 1. The number of halogens is 1. The summed E-state index contributed by atoms with van der Waals surface area (Å²) in [4.78, 5) is 13.6. The van der Waals surface area contributed by atoms with E-state index in [4.69, 9.17) is 0 Å². The van der Waals surface area contributed by atoms with Crippen molar-refractivity contribution in [1.29, 1.82) is 0 Å². The van der Waals surface area contributed by atoms with E-state index in [1.54, 1.807) is 0 Å². The van der Waals surface area contributed by atoms with Crippen LogP contribution in [0.1, 0.15) is 36.0 Å². The number of carbonyl (C=O) groups excluding carboxylic acids is 1. The molecule has 0 atom stereocenters. The first-order chi connectivity index (χ1) is 10.7. The Kier molecular flexibility index (Phi) is 5.41. The van der Waals surface area contributed by atoms with Crippen molar-refractivity contribution in [2.45, 2.75) is 35.8 Å². The van der Waals surface area contributed by atoms with Crippen molar-refractivity contribution in [1.82, 2.24) is 0 Å². The number of thioether (sulfide) groups is 1. The number of hydrogen-bond donors (Lipinski definition) is 1. The quantitative estimate of drug-likeness (QED) is 0.651. The van der Waals surface area contributed by atoms with E-state index < -0.39 is 0 Å². The van der Waals surface area contributed by atoms with Crippen molar-refractivity contribution in [3.8, 4) is 0 Å². The standard InChI is InChI=1S/C18H18INOS/c19-17-8-4-3-7-16(17)18(21)20-13-9-11-15(12-10-13)22-14-5-1-2-6-14/h3-4,7-12,14H,1-2,5-6H2,(H,20,21). The summed E-state index contributed by atoms with van der Waals surface area (Å²) in [6, 6.07) is 15.8. The summed E-state index contributed by atoms with van der Waals surface area (Å²) < 4.78 is 0.964. The molecule has 1 aliphatic carbocycles. The third-order valence-corrected chi connectivity index (χ3v) is 6.13. The second-order valence-corrected chi connectivity index (χ2v) is 8.02. The fraction of sp³-hybridized carbons (Fsp3) is 0.278. The summed E-state index contributed by atoms with van der Waals surface area (Å²) in [5, 5.41) is 3.74. The maximum absolute atomic E-state index is 12.3. The Morgan fingerprint density at radius 1 is 1.05 bits per heavy atom. The molecule has 0 heterocycles. The fourth-order valence-corrected chi connectivity index (χ4v) is 4.54. The van der Waals surface area contributed by atoms with Crippen LogP contribution in [0.2, 0.25) is 0 Å². The molecular weight excluding hydrogens is 405 g/mol. The van der Waals surface area contributed by atoms with Crippen LogP contribution >= 0.6 is 34.4 Å². The fourth-order valence-electron chi connectivity index (χ4n) is 2.66.